The lowest BCUT2D eigenvalue weighted by molar-refractivity contribution is -0.123. The maximum absolute atomic E-state index is 13.2. The second-order valence-electron chi connectivity index (χ2n) is 9.29. The van der Waals surface area contributed by atoms with E-state index in [0.717, 1.165) is 55.6 Å². The Balaban J connectivity index is 1.39. The molecule has 9 heteroatoms. The predicted molar refractivity (Wildman–Crippen MR) is 156 cm³/mol. The summed E-state index contributed by atoms with van der Waals surface area (Å²) in [5.74, 6) is -0.907. The molecule has 1 saturated heterocycles. The molecule has 198 valence electrons. The number of rotatable bonds is 9. The Bertz CT molecular complexity index is 1600. The number of aromatic nitrogens is 1. The van der Waals surface area contributed by atoms with E-state index in [-0.39, 0.29) is 29.7 Å². The molecule has 0 atom stereocenters. The van der Waals surface area contributed by atoms with Crippen molar-refractivity contribution in [3.05, 3.63) is 98.2 Å². The van der Waals surface area contributed by atoms with Crippen molar-refractivity contribution in [1.82, 2.24) is 14.8 Å². The summed E-state index contributed by atoms with van der Waals surface area (Å²) in [6.07, 6.45) is 4.30. The van der Waals surface area contributed by atoms with Crippen LogP contribution in [0.2, 0.25) is 0 Å². The number of imide groups is 1. The van der Waals surface area contributed by atoms with E-state index in [1.807, 2.05) is 65.5 Å². The highest BCUT2D eigenvalue weighted by Crippen LogP contribution is 2.35. The molecule has 0 spiro atoms. The molecule has 0 radical (unpaired) electrons. The van der Waals surface area contributed by atoms with Gasteiger partial charge in [-0.2, -0.15) is 0 Å². The standard InChI is InChI=1S/C30H27N3O4S2/c1-3-20-6-4-8-24-22(16-32(28(20)24)18-27(35)31-15-23-7-5-13-38-23)14-26-29(36)33(30(37)39-26)17-25(34)21-11-9-19(2)10-12-21/h4-14,16H,3,15,17-18H2,1-2H3,(H,31,35)/b26-14-. The number of hydrogen-bond acceptors (Lipinski definition) is 6. The summed E-state index contributed by atoms with van der Waals surface area (Å²) in [5.41, 5.74) is 4.21. The zero-order valence-corrected chi connectivity index (χ0v) is 23.2. The summed E-state index contributed by atoms with van der Waals surface area (Å²) in [5, 5.41) is 5.36. The molecule has 39 heavy (non-hydrogen) atoms. The summed E-state index contributed by atoms with van der Waals surface area (Å²) in [7, 11) is 0. The summed E-state index contributed by atoms with van der Waals surface area (Å²) in [4.78, 5) is 53.7. The van der Waals surface area contributed by atoms with Gasteiger partial charge in [0, 0.05) is 27.6 Å². The normalized spacial score (nSPS) is 14.5. The molecule has 4 aromatic rings. The van der Waals surface area contributed by atoms with E-state index in [4.69, 9.17) is 0 Å². The van der Waals surface area contributed by atoms with Crippen molar-refractivity contribution in [3.63, 3.8) is 0 Å². The topological polar surface area (TPSA) is 88.5 Å². The summed E-state index contributed by atoms with van der Waals surface area (Å²) in [6, 6.07) is 16.9. The molecule has 0 unspecified atom stereocenters. The number of fused-ring (bicyclic) bond motifs is 1. The van der Waals surface area contributed by atoms with E-state index in [9.17, 15) is 19.2 Å². The summed E-state index contributed by atoms with van der Waals surface area (Å²) in [6.45, 7) is 4.26. The van der Waals surface area contributed by atoms with Crippen molar-refractivity contribution in [2.75, 3.05) is 6.54 Å². The quantitative estimate of drug-likeness (QED) is 0.207. The number of aryl methyl sites for hydroxylation is 2. The largest absolute Gasteiger partial charge is 0.350 e. The van der Waals surface area contributed by atoms with Gasteiger partial charge in [-0.25, -0.2) is 0 Å². The summed E-state index contributed by atoms with van der Waals surface area (Å²) >= 11 is 2.41. The van der Waals surface area contributed by atoms with E-state index in [1.165, 1.54) is 0 Å². The van der Waals surface area contributed by atoms with Gasteiger partial charge in [-0.05, 0) is 48.2 Å². The van der Waals surface area contributed by atoms with E-state index >= 15 is 0 Å². The highest BCUT2D eigenvalue weighted by molar-refractivity contribution is 8.18. The first-order valence-corrected chi connectivity index (χ1v) is 14.3. The average molecular weight is 558 g/mol. The number of carbonyl (C=O) groups excluding carboxylic acids is 4. The van der Waals surface area contributed by atoms with Gasteiger partial charge in [0.25, 0.3) is 11.1 Å². The third kappa shape index (κ3) is 5.74. The maximum atomic E-state index is 13.2. The number of thiophene rings is 1. The van der Waals surface area contributed by atoms with Gasteiger partial charge in [-0.15, -0.1) is 11.3 Å². The lowest BCUT2D eigenvalue weighted by atomic mass is 10.1. The van der Waals surface area contributed by atoms with E-state index in [2.05, 4.69) is 12.2 Å². The number of nitrogens with zero attached hydrogens (tertiary/aromatic N) is 2. The molecule has 2 aromatic heterocycles. The third-order valence-electron chi connectivity index (χ3n) is 6.58. The Morgan fingerprint density at radius 2 is 1.79 bits per heavy atom. The van der Waals surface area contributed by atoms with Crippen molar-refractivity contribution in [3.8, 4) is 0 Å². The molecule has 0 saturated carbocycles. The van der Waals surface area contributed by atoms with Crippen LogP contribution in [0.15, 0.2) is 71.1 Å². The maximum Gasteiger partial charge on any atom is 0.293 e. The van der Waals surface area contributed by atoms with Crippen LogP contribution in [0.4, 0.5) is 4.79 Å². The van der Waals surface area contributed by atoms with E-state index < -0.39 is 11.1 Å². The van der Waals surface area contributed by atoms with Crippen LogP contribution in [0.3, 0.4) is 0 Å². The number of amides is 3. The van der Waals surface area contributed by atoms with Crippen molar-refractivity contribution in [2.24, 2.45) is 0 Å². The highest BCUT2D eigenvalue weighted by atomic mass is 32.2. The Kier molecular flexibility index (Phi) is 7.81. The number of nitrogens with one attached hydrogen (secondary N) is 1. The first-order chi connectivity index (χ1) is 18.8. The predicted octanol–water partition coefficient (Wildman–Crippen LogP) is 5.81. The first kappa shape index (κ1) is 26.6. The average Bonchev–Trinajstić information content (AvgIpc) is 3.64. The number of carbonyl (C=O) groups is 4. The Hall–Kier alpha value is -3.95. The number of para-hydroxylation sites is 1. The minimum atomic E-state index is -0.494. The van der Waals surface area contributed by atoms with Gasteiger partial charge < -0.3 is 9.88 Å². The molecule has 5 rings (SSSR count). The van der Waals surface area contributed by atoms with Crippen LogP contribution in [0, 0.1) is 6.92 Å². The molecule has 3 heterocycles. The SMILES string of the molecule is CCc1cccc2c(/C=C3\SC(=O)N(CC(=O)c4ccc(C)cc4)C3=O)cn(CC(=O)NCc3cccs3)c12. The van der Waals surface area contributed by atoms with Gasteiger partial charge in [-0.3, -0.25) is 24.1 Å². The molecule has 1 N–H and O–H groups in total. The lowest BCUT2D eigenvalue weighted by Gasteiger charge is -2.11. The zero-order chi connectivity index (χ0) is 27.5. The molecule has 2 aromatic carbocycles. The van der Waals surface area contributed by atoms with Gasteiger partial charge in [-0.1, -0.05) is 61.0 Å². The van der Waals surface area contributed by atoms with E-state index in [0.29, 0.717) is 12.1 Å². The minimum absolute atomic E-state index is 0.118. The Morgan fingerprint density at radius 1 is 1.00 bits per heavy atom. The van der Waals surface area contributed by atoms with Gasteiger partial charge in [0.2, 0.25) is 5.91 Å². The van der Waals surface area contributed by atoms with Crippen LogP contribution >= 0.6 is 23.1 Å². The lowest BCUT2D eigenvalue weighted by Crippen LogP contribution is -2.33. The van der Waals surface area contributed by atoms with Crippen LogP contribution < -0.4 is 5.32 Å². The Labute approximate surface area is 234 Å². The Morgan fingerprint density at radius 3 is 2.51 bits per heavy atom. The first-order valence-electron chi connectivity index (χ1n) is 12.6. The van der Waals surface area contributed by atoms with Crippen molar-refractivity contribution in [1.29, 1.82) is 0 Å². The monoisotopic (exact) mass is 557 g/mol. The summed E-state index contributed by atoms with van der Waals surface area (Å²) < 4.78 is 1.90. The number of Topliss-reactive ketones (excluding diaryl/α,β-unsaturated/α-hetero) is 1. The highest BCUT2D eigenvalue weighted by Gasteiger charge is 2.36. The molecular weight excluding hydrogens is 530 g/mol. The zero-order valence-electron chi connectivity index (χ0n) is 21.6. The van der Waals surface area contributed by atoms with E-state index in [1.54, 1.807) is 29.5 Å². The smallest absolute Gasteiger partial charge is 0.293 e. The van der Waals surface area contributed by atoms with Gasteiger partial charge in [0.15, 0.2) is 5.78 Å². The van der Waals surface area contributed by atoms with Crippen molar-refractivity contribution in [2.45, 2.75) is 33.4 Å². The molecule has 3 amide bonds. The third-order valence-corrected chi connectivity index (χ3v) is 8.37. The van der Waals surface area contributed by atoms with Crippen LogP contribution in [-0.4, -0.2) is 38.8 Å². The number of benzene rings is 2. The minimum Gasteiger partial charge on any atom is -0.350 e. The second kappa shape index (κ2) is 11.4. The van der Waals surface area contributed by atoms with Crippen molar-refractivity contribution < 1.29 is 19.2 Å². The number of thioether (sulfide) groups is 1. The number of ketones is 1. The van der Waals surface area contributed by atoms with Crippen LogP contribution in [-0.2, 0) is 29.1 Å². The molecule has 1 fully saturated rings. The van der Waals surface area contributed by atoms with Crippen LogP contribution in [0.5, 0.6) is 0 Å². The van der Waals surface area contributed by atoms with Gasteiger partial charge in [0.05, 0.1) is 23.5 Å². The van der Waals surface area contributed by atoms with Gasteiger partial charge in [0.1, 0.15) is 6.54 Å². The van der Waals surface area contributed by atoms with Crippen molar-refractivity contribution >= 4 is 62.9 Å². The fourth-order valence-corrected chi connectivity index (χ4v) is 6.03. The molecule has 7 nitrogen and oxygen atoms in total. The molecule has 0 aliphatic carbocycles. The number of hydrogen-bond donors (Lipinski definition) is 1. The molecule has 0 bridgehead atoms. The molecular formula is C30H27N3O4S2. The van der Waals surface area contributed by atoms with Gasteiger partial charge >= 0.3 is 0 Å². The second-order valence-corrected chi connectivity index (χ2v) is 11.3. The van der Waals surface area contributed by atoms with Crippen LogP contribution in [0.1, 0.15) is 38.8 Å². The fourth-order valence-electron chi connectivity index (χ4n) is 4.55. The molecule has 1 aliphatic rings. The van der Waals surface area contributed by atoms with Crippen LogP contribution in [0.25, 0.3) is 17.0 Å². The molecule has 1 aliphatic heterocycles. The fraction of sp³-hybridized carbons (Fsp3) is 0.200.